The van der Waals surface area contributed by atoms with Crippen molar-refractivity contribution in [1.82, 2.24) is 9.78 Å². The van der Waals surface area contributed by atoms with Crippen LogP contribution in [-0.4, -0.2) is 16.9 Å². The predicted octanol–water partition coefficient (Wildman–Crippen LogP) is 2.39. The molecule has 0 N–H and O–H groups in total. The first kappa shape index (κ1) is 10.7. The maximum absolute atomic E-state index is 13.4. The van der Waals surface area contributed by atoms with Gasteiger partial charge in [-0.1, -0.05) is 6.07 Å². The van der Waals surface area contributed by atoms with E-state index in [1.165, 1.54) is 13.2 Å². The smallest absolute Gasteiger partial charge is 0.165 e. The highest BCUT2D eigenvalue weighted by Crippen LogP contribution is 2.18. The normalized spacial score (nSPS) is 10.4. The van der Waals surface area contributed by atoms with E-state index in [4.69, 9.17) is 4.74 Å². The fraction of sp³-hybridized carbons (Fsp3) is 0.250. The summed E-state index contributed by atoms with van der Waals surface area (Å²) >= 11 is 0. The Kier molecular flexibility index (Phi) is 2.90. The lowest BCUT2D eigenvalue weighted by Crippen LogP contribution is -2.04. The Hall–Kier alpha value is -1.84. The van der Waals surface area contributed by atoms with Gasteiger partial charge in [-0.3, -0.25) is 4.68 Å². The Morgan fingerprint density at radius 2 is 2.19 bits per heavy atom. The molecule has 2 rings (SSSR count). The zero-order valence-corrected chi connectivity index (χ0v) is 9.27. The second-order valence-corrected chi connectivity index (χ2v) is 3.60. The SMILES string of the molecule is COc1ccc(Cn2nccc2C)cc1F. The predicted molar refractivity (Wildman–Crippen MR) is 59.0 cm³/mol. The minimum atomic E-state index is -0.343. The van der Waals surface area contributed by atoms with Crippen LogP contribution in [0.3, 0.4) is 0 Å². The van der Waals surface area contributed by atoms with Crippen molar-refractivity contribution in [3.8, 4) is 5.75 Å². The number of methoxy groups -OCH3 is 1. The molecule has 3 nitrogen and oxygen atoms in total. The minimum absolute atomic E-state index is 0.265. The molecule has 2 aromatic rings. The summed E-state index contributed by atoms with van der Waals surface area (Å²) in [7, 11) is 1.45. The van der Waals surface area contributed by atoms with Crippen molar-refractivity contribution < 1.29 is 9.13 Å². The van der Waals surface area contributed by atoms with E-state index in [-0.39, 0.29) is 11.6 Å². The van der Waals surface area contributed by atoms with E-state index in [0.29, 0.717) is 6.54 Å². The molecular formula is C12H13FN2O. The van der Waals surface area contributed by atoms with Crippen LogP contribution in [-0.2, 0) is 6.54 Å². The number of hydrogen-bond acceptors (Lipinski definition) is 2. The van der Waals surface area contributed by atoms with Gasteiger partial charge >= 0.3 is 0 Å². The zero-order valence-electron chi connectivity index (χ0n) is 9.27. The highest BCUT2D eigenvalue weighted by atomic mass is 19.1. The summed E-state index contributed by atoms with van der Waals surface area (Å²) in [6.07, 6.45) is 1.73. The second kappa shape index (κ2) is 4.35. The summed E-state index contributed by atoms with van der Waals surface area (Å²) in [6, 6.07) is 6.85. The lowest BCUT2D eigenvalue weighted by Gasteiger charge is -2.06. The Bertz CT molecular complexity index is 494. The lowest BCUT2D eigenvalue weighted by molar-refractivity contribution is 0.386. The maximum atomic E-state index is 13.4. The van der Waals surface area contributed by atoms with Gasteiger partial charge in [0.2, 0.25) is 0 Å². The van der Waals surface area contributed by atoms with E-state index in [0.717, 1.165) is 11.3 Å². The molecule has 0 radical (unpaired) electrons. The molecule has 0 aliphatic heterocycles. The average molecular weight is 220 g/mol. The Balaban J connectivity index is 2.23. The van der Waals surface area contributed by atoms with E-state index >= 15 is 0 Å². The van der Waals surface area contributed by atoms with Crippen LogP contribution in [0.4, 0.5) is 4.39 Å². The molecule has 0 saturated heterocycles. The topological polar surface area (TPSA) is 27.1 Å². The number of aromatic nitrogens is 2. The molecule has 0 aliphatic carbocycles. The molecule has 4 heteroatoms. The molecule has 0 fully saturated rings. The first-order chi connectivity index (χ1) is 7.70. The molecule has 1 aromatic heterocycles. The molecule has 0 bridgehead atoms. The maximum Gasteiger partial charge on any atom is 0.165 e. The van der Waals surface area contributed by atoms with Crippen molar-refractivity contribution >= 4 is 0 Å². The first-order valence-corrected chi connectivity index (χ1v) is 5.01. The summed E-state index contributed by atoms with van der Waals surface area (Å²) in [5.74, 6) is -0.0780. The third-order valence-electron chi connectivity index (χ3n) is 2.48. The lowest BCUT2D eigenvalue weighted by atomic mass is 10.2. The van der Waals surface area contributed by atoms with Gasteiger partial charge in [-0.05, 0) is 30.7 Å². The number of benzene rings is 1. The van der Waals surface area contributed by atoms with E-state index in [2.05, 4.69) is 5.10 Å². The van der Waals surface area contributed by atoms with Crippen LogP contribution in [0.5, 0.6) is 5.75 Å². The van der Waals surface area contributed by atoms with Gasteiger partial charge in [0.25, 0.3) is 0 Å². The fourth-order valence-electron chi connectivity index (χ4n) is 1.55. The standard InChI is InChI=1S/C12H13FN2O/c1-9-5-6-14-15(9)8-10-3-4-12(16-2)11(13)7-10/h3-7H,8H2,1-2H3. The highest BCUT2D eigenvalue weighted by molar-refractivity contribution is 5.29. The van der Waals surface area contributed by atoms with Gasteiger partial charge in [0.15, 0.2) is 11.6 Å². The quantitative estimate of drug-likeness (QED) is 0.794. The van der Waals surface area contributed by atoms with Crippen LogP contribution in [0, 0.1) is 12.7 Å². The van der Waals surface area contributed by atoms with Crippen molar-refractivity contribution in [2.75, 3.05) is 7.11 Å². The second-order valence-electron chi connectivity index (χ2n) is 3.60. The molecule has 1 aromatic carbocycles. The molecule has 1 heterocycles. The summed E-state index contributed by atoms with van der Waals surface area (Å²) in [5.41, 5.74) is 1.92. The number of halogens is 1. The van der Waals surface area contributed by atoms with Crippen molar-refractivity contribution in [3.05, 3.63) is 47.5 Å². The summed E-state index contributed by atoms with van der Waals surface area (Å²) < 4.78 is 20.1. The van der Waals surface area contributed by atoms with Crippen LogP contribution in [0.1, 0.15) is 11.3 Å². The first-order valence-electron chi connectivity index (χ1n) is 5.01. The third kappa shape index (κ3) is 2.05. The van der Waals surface area contributed by atoms with Gasteiger partial charge in [0.05, 0.1) is 13.7 Å². The number of rotatable bonds is 3. The monoisotopic (exact) mass is 220 g/mol. The van der Waals surface area contributed by atoms with Crippen LogP contribution in [0.15, 0.2) is 30.5 Å². The van der Waals surface area contributed by atoms with Crippen molar-refractivity contribution in [2.45, 2.75) is 13.5 Å². The van der Waals surface area contributed by atoms with E-state index in [9.17, 15) is 4.39 Å². The molecule has 0 spiro atoms. The average Bonchev–Trinajstić information content (AvgIpc) is 2.65. The van der Waals surface area contributed by atoms with E-state index < -0.39 is 0 Å². The van der Waals surface area contributed by atoms with Gasteiger partial charge in [-0.15, -0.1) is 0 Å². The van der Waals surface area contributed by atoms with E-state index in [1.54, 1.807) is 12.3 Å². The molecule has 84 valence electrons. The highest BCUT2D eigenvalue weighted by Gasteiger charge is 2.05. The number of hydrogen-bond donors (Lipinski definition) is 0. The van der Waals surface area contributed by atoms with Crippen LogP contribution in [0.2, 0.25) is 0 Å². The van der Waals surface area contributed by atoms with Crippen molar-refractivity contribution in [1.29, 1.82) is 0 Å². The molecule has 16 heavy (non-hydrogen) atoms. The summed E-state index contributed by atoms with van der Waals surface area (Å²) in [6.45, 7) is 2.53. The molecule has 0 amide bonds. The molecular weight excluding hydrogens is 207 g/mol. The Morgan fingerprint density at radius 3 is 2.75 bits per heavy atom. The largest absolute Gasteiger partial charge is 0.494 e. The molecule has 0 atom stereocenters. The van der Waals surface area contributed by atoms with Crippen LogP contribution >= 0.6 is 0 Å². The van der Waals surface area contributed by atoms with E-state index in [1.807, 2.05) is 23.7 Å². The van der Waals surface area contributed by atoms with Crippen LogP contribution in [0.25, 0.3) is 0 Å². The van der Waals surface area contributed by atoms with Crippen molar-refractivity contribution in [2.24, 2.45) is 0 Å². The fourth-order valence-corrected chi connectivity index (χ4v) is 1.55. The Morgan fingerprint density at radius 1 is 1.38 bits per heavy atom. The van der Waals surface area contributed by atoms with Crippen LogP contribution < -0.4 is 4.74 Å². The number of aryl methyl sites for hydroxylation is 1. The van der Waals surface area contributed by atoms with Gasteiger partial charge in [0, 0.05) is 11.9 Å². The Labute approximate surface area is 93.5 Å². The van der Waals surface area contributed by atoms with Gasteiger partial charge in [-0.2, -0.15) is 5.10 Å². The van der Waals surface area contributed by atoms with Crippen molar-refractivity contribution in [3.63, 3.8) is 0 Å². The summed E-state index contributed by atoms with van der Waals surface area (Å²) in [5, 5.41) is 4.15. The minimum Gasteiger partial charge on any atom is -0.494 e. The summed E-state index contributed by atoms with van der Waals surface area (Å²) in [4.78, 5) is 0. The zero-order chi connectivity index (χ0) is 11.5. The molecule has 0 aliphatic rings. The third-order valence-corrected chi connectivity index (χ3v) is 2.48. The molecule has 0 unspecified atom stereocenters. The molecule has 0 saturated carbocycles. The number of nitrogens with zero attached hydrogens (tertiary/aromatic N) is 2. The van der Waals surface area contributed by atoms with Gasteiger partial charge in [0.1, 0.15) is 0 Å². The van der Waals surface area contributed by atoms with Gasteiger partial charge < -0.3 is 4.74 Å². The van der Waals surface area contributed by atoms with Gasteiger partial charge in [-0.25, -0.2) is 4.39 Å². The number of ether oxygens (including phenoxy) is 1.